The first kappa shape index (κ1) is 17.5. The van der Waals surface area contributed by atoms with E-state index in [1.165, 1.54) is 4.88 Å². The highest BCUT2D eigenvalue weighted by Crippen LogP contribution is 2.50. The summed E-state index contributed by atoms with van der Waals surface area (Å²) in [5.74, 6) is 0.944. The molecule has 0 radical (unpaired) electrons. The molecule has 2 aliphatic rings. The van der Waals surface area contributed by atoms with Crippen molar-refractivity contribution in [2.75, 3.05) is 26.2 Å². The number of carbonyl (C=O) groups is 2. The summed E-state index contributed by atoms with van der Waals surface area (Å²) >= 11 is 1.74. The molecule has 1 aliphatic carbocycles. The van der Waals surface area contributed by atoms with Crippen LogP contribution >= 0.6 is 11.3 Å². The van der Waals surface area contributed by atoms with Crippen LogP contribution in [0.25, 0.3) is 10.9 Å². The zero-order valence-electron chi connectivity index (χ0n) is 15.7. The number of nitrogens with zero attached hydrogens (tertiary/aromatic N) is 3. The van der Waals surface area contributed by atoms with Crippen molar-refractivity contribution in [3.63, 3.8) is 0 Å². The van der Waals surface area contributed by atoms with Gasteiger partial charge in [0.05, 0.1) is 0 Å². The van der Waals surface area contributed by atoms with Gasteiger partial charge in [-0.25, -0.2) is 0 Å². The van der Waals surface area contributed by atoms with E-state index >= 15 is 0 Å². The lowest BCUT2D eigenvalue weighted by atomic mass is 10.2. The number of piperazine rings is 1. The molecule has 2 fully saturated rings. The number of benzene rings is 1. The van der Waals surface area contributed by atoms with Gasteiger partial charge in [-0.2, -0.15) is 0 Å². The first-order chi connectivity index (χ1) is 13.7. The van der Waals surface area contributed by atoms with Gasteiger partial charge in [-0.15, -0.1) is 11.3 Å². The van der Waals surface area contributed by atoms with Gasteiger partial charge < -0.3 is 14.4 Å². The number of thiophene rings is 1. The van der Waals surface area contributed by atoms with E-state index in [-0.39, 0.29) is 17.7 Å². The van der Waals surface area contributed by atoms with Crippen molar-refractivity contribution in [2.24, 2.45) is 5.92 Å². The highest BCUT2D eigenvalue weighted by Gasteiger charge is 2.46. The minimum absolute atomic E-state index is 0.122. The highest BCUT2D eigenvalue weighted by molar-refractivity contribution is 7.10. The van der Waals surface area contributed by atoms with E-state index in [1.54, 1.807) is 11.3 Å². The molecule has 6 heteroatoms. The molecule has 1 saturated heterocycles. The number of rotatable bonds is 4. The lowest BCUT2D eigenvalue weighted by Gasteiger charge is -2.35. The number of amides is 2. The van der Waals surface area contributed by atoms with Gasteiger partial charge in [0.25, 0.3) is 0 Å². The number of aromatic nitrogens is 1. The topological polar surface area (TPSA) is 45.6 Å². The molecule has 0 spiro atoms. The van der Waals surface area contributed by atoms with Gasteiger partial charge in [0.2, 0.25) is 11.8 Å². The lowest BCUT2D eigenvalue weighted by molar-refractivity contribution is -0.140. The number of hydrogen-bond acceptors (Lipinski definition) is 3. The van der Waals surface area contributed by atoms with E-state index in [2.05, 4.69) is 23.6 Å². The van der Waals surface area contributed by atoms with E-state index in [9.17, 15) is 9.59 Å². The van der Waals surface area contributed by atoms with E-state index in [0.29, 0.717) is 38.6 Å². The van der Waals surface area contributed by atoms with Gasteiger partial charge in [0, 0.05) is 54.6 Å². The Morgan fingerprint density at radius 3 is 2.54 bits per heavy atom. The molecular formula is C22H23N3O2S. The maximum atomic E-state index is 12.8. The lowest BCUT2D eigenvalue weighted by Crippen LogP contribution is -2.51. The smallest absolute Gasteiger partial charge is 0.242 e. The Bertz CT molecular complexity index is 1000. The average molecular weight is 394 g/mol. The van der Waals surface area contributed by atoms with Gasteiger partial charge in [-0.05, 0) is 35.4 Å². The summed E-state index contributed by atoms with van der Waals surface area (Å²) in [6.45, 7) is 2.89. The Balaban J connectivity index is 1.16. The summed E-state index contributed by atoms with van der Waals surface area (Å²) in [4.78, 5) is 30.7. The Labute approximate surface area is 168 Å². The third-order valence-corrected chi connectivity index (χ3v) is 6.95. The second kappa shape index (κ2) is 7.09. The number of hydrogen-bond donors (Lipinski definition) is 0. The van der Waals surface area contributed by atoms with Crippen molar-refractivity contribution in [2.45, 2.75) is 18.9 Å². The van der Waals surface area contributed by atoms with Crippen molar-refractivity contribution in [3.8, 4) is 0 Å². The predicted octanol–water partition coefficient (Wildman–Crippen LogP) is 3.18. The molecule has 144 valence electrons. The molecule has 1 aliphatic heterocycles. The maximum absolute atomic E-state index is 12.8. The summed E-state index contributed by atoms with van der Waals surface area (Å²) in [7, 11) is 0. The van der Waals surface area contributed by atoms with Gasteiger partial charge in [-0.3, -0.25) is 9.59 Å². The number of carbonyl (C=O) groups excluding carboxylic acids is 2. The van der Waals surface area contributed by atoms with Crippen LogP contribution in [0.2, 0.25) is 0 Å². The van der Waals surface area contributed by atoms with Crippen molar-refractivity contribution in [1.29, 1.82) is 0 Å². The van der Waals surface area contributed by atoms with Crippen LogP contribution in [0.1, 0.15) is 17.2 Å². The van der Waals surface area contributed by atoms with E-state index < -0.39 is 0 Å². The fourth-order valence-electron chi connectivity index (χ4n) is 4.22. The molecule has 2 atom stereocenters. The van der Waals surface area contributed by atoms with Gasteiger partial charge in [-0.1, -0.05) is 24.3 Å². The normalized spacial score (nSPS) is 21.9. The van der Waals surface area contributed by atoms with Gasteiger partial charge >= 0.3 is 0 Å². The van der Waals surface area contributed by atoms with Crippen molar-refractivity contribution in [1.82, 2.24) is 14.4 Å². The van der Waals surface area contributed by atoms with Crippen LogP contribution in [-0.4, -0.2) is 52.4 Å². The monoisotopic (exact) mass is 393 g/mol. The van der Waals surface area contributed by atoms with E-state index in [4.69, 9.17) is 0 Å². The molecule has 2 unspecified atom stereocenters. The molecule has 2 aromatic heterocycles. The second-order valence-electron chi connectivity index (χ2n) is 7.67. The SMILES string of the molecule is O=C(Cn1ccc2ccccc21)N1CCN(C(=O)C2CC2c2cccs2)CC1. The van der Waals surface area contributed by atoms with Crippen LogP contribution in [0.3, 0.4) is 0 Å². The van der Waals surface area contributed by atoms with Crippen LogP contribution in [0, 0.1) is 5.92 Å². The molecule has 2 amide bonds. The Morgan fingerprint density at radius 2 is 1.75 bits per heavy atom. The van der Waals surface area contributed by atoms with Crippen LogP contribution in [-0.2, 0) is 16.1 Å². The molecule has 5 rings (SSSR count). The van der Waals surface area contributed by atoms with E-state index in [0.717, 1.165) is 17.3 Å². The maximum Gasteiger partial charge on any atom is 0.242 e. The van der Waals surface area contributed by atoms with Crippen molar-refractivity contribution in [3.05, 3.63) is 58.9 Å². The Morgan fingerprint density at radius 1 is 0.964 bits per heavy atom. The molecule has 3 heterocycles. The van der Waals surface area contributed by atoms with Gasteiger partial charge in [0.1, 0.15) is 6.54 Å². The molecular weight excluding hydrogens is 370 g/mol. The van der Waals surface area contributed by atoms with Crippen LogP contribution < -0.4 is 0 Å². The first-order valence-electron chi connectivity index (χ1n) is 9.84. The molecule has 5 nitrogen and oxygen atoms in total. The Hall–Kier alpha value is -2.60. The Kier molecular flexibility index (Phi) is 4.43. The minimum atomic E-state index is 0.122. The molecule has 1 saturated carbocycles. The third-order valence-electron chi connectivity index (χ3n) is 5.95. The van der Waals surface area contributed by atoms with E-state index in [1.807, 2.05) is 44.8 Å². The van der Waals surface area contributed by atoms with Crippen LogP contribution in [0.5, 0.6) is 0 Å². The standard InChI is InChI=1S/C22H23N3O2S/c26-21(15-25-8-7-16-4-1-2-5-19(16)25)23-9-11-24(12-10-23)22(27)18-14-17(18)20-6-3-13-28-20/h1-8,13,17-18H,9-12,14-15H2. The zero-order valence-corrected chi connectivity index (χ0v) is 16.5. The highest BCUT2D eigenvalue weighted by atomic mass is 32.1. The fraction of sp³-hybridized carbons (Fsp3) is 0.364. The zero-order chi connectivity index (χ0) is 19.1. The van der Waals surface area contributed by atoms with Crippen molar-refractivity contribution < 1.29 is 9.59 Å². The number of para-hydroxylation sites is 1. The van der Waals surface area contributed by atoms with Crippen molar-refractivity contribution >= 4 is 34.1 Å². The largest absolute Gasteiger partial charge is 0.339 e. The molecule has 28 heavy (non-hydrogen) atoms. The summed E-state index contributed by atoms with van der Waals surface area (Å²) in [6.07, 6.45) is 2.94. The third kappa shape index (κ3) is 3.22. The molecule has 0 bridgehead atoms. The fourth-order valence-corrected chi connectivity index (χ4v) is 5.13. The molecule has 1 aromatic carbocycles. The summed E-state index contributed by atoms with van der Waals surface area (Å²) < 4.78 is 2.00. The quantitative estimate of drug-likeness (QED) is 0.683. The summed E-state index contributed by atoms with van der Waals surface area (Å²) in [6, 6.07) is 14.3. The van der Waals surface area contributed by atoms with Gasteiger partial charge in [0.15, 0.2) is 0 Å². The minimum Gasteiger partial charge on any atom is -0.339 e. The van der Waals surface area contributed by atoms with Crippen LogP contribution in [0.4, 0.5) is 0 Å². The van der Waals surface area contributed by atoms with Crippen LogP contribution in [0.15, 0.2) is 54.0 Å². The summed E-state index contributed by atoms with van der Waals surface area (Å²) in [5.41, 5.74) is 1.08. The molecule has 3 aromatic rings. The first-order valence-corrected chi connectivity index (χ1v) is 10.7. The average Bonchev–Trinajstić information content (AvgIpc) is 3.14. The number of fused-ring (bicyclic) bond motifs is 1. The second-order valence-corrected chi connectivity index (χ2v) is 8.65. The summed E-state index contributed by atoms with van der Waals surface area (Å²) in [5, 5.41) is 3.23. The predicted molar refractivity (Wildman–Crippen MR) is 110 cm³/mol. The molecule has 0 N–H and O–H groups in total.